The molecule has 0 atom stereocenters. The van der Waals surface area contributed by atoms with E-state index in [4.69, 9.17) is 4.42 Å². The lowest BCUT2D eigenvalue weighted by atomic mass is 10.1. The van der Waals surface area contributed by atoms with E-state index in [0.29, 0.717) is 6.54 Å². The smallest absolute Gasteiger partial charge is 0.322 e. The van der Waals surface area contributed by atoms with Gasteiger partial charge in [-0.25, -0.2) is 12.8 Å². The fraction of sp³-hybridized carbons (Fsp3) is 0.160. The molecule has 0 saturated heterocycles. The first-order valence-electron chi connectivity index (χ1n) is 10.9. The van der Waals surface area contributed by atoms with Gasteiger partial charge in [-0.2, -0.15) is 4.31 Å². The van der Waals surface area contributed by atoms with E-state index in [1.165, 1.54) is 40.7 Å². The molecule has 8 nitrogen and oxygen atoms in total. The second kappa shape index (κ2) is 10.6. The summed E-state index contributed by atoms with van der Waals surface area (Å²) in [5, 5.41) is 10.2. The molecule has 0 fully saturated rings. The number of carbonyl (C=O) groups excluding carboxylic acids is 1. The Hall–Kier alpha value is -3.89. The zero-order chi connectivity index (χ0) is 24.8. The summed E-state index contributed by atoms with van der Waals surface area (Å²) in [5.41, 5.74) is 1.89. The Balaban J connectivity index is 1.41. The molecule has 0 saturated carbocycles. The van der Waals surface area contributed by atoms with Crippen LogP contribution in [0.2, 0.25) is 0 Å². The molecule has 0 spiro atoms. The van der Waals surface area contributed by atoms with Crippen LogP contribution in [0.25, 0.3) is 0 Å². The van der Waals surface area contributed by atoms with Crippen molar-refractivity contribution in [3.8, 4) is 0 Å². The van der Waals surface area contributed by atoms with E-state index < -0.39 is 15.9 Å². The molecular weight excluding hydrogens is 471 g/mol. The van der Waals surface area contributed by atoms with Crippen molar-refractivity contribution in [2.24, 2.45) is 0 Å². The Labute approximate surface area is 202 Å². The van der Waals surface area contributed by atoms with Gasteiger partial charge in [-0.3, -0.25) is 10.1 Å². The van der Waals surface area contributed by atoms with Crippen molar-refractivity contribution in [1.29, 1.82) is 0 Å². The van der Waals surface area contributed by atoms with Gasteiger partial charge in [0.2, 0.25) is 15.9 Å². The van der Waals surface area contributed by atoms with Gasteiger partial charge in [0.25, 0.3) is 5.91 Å². The lowest BCUT2D eigenvalue weighted by Gasteiger charge is -2.20. The standard InChI is InChI=1S/C25H23FN4O4S/c1-2-30(17-19-6-4-3-5-7-19)35(32,33)22-14-10-20(11-15-22)24(31)27-25-29-28-23(34-25)16-18-8-12-21(26)13-9-18/h3-15H,2,16-17H2,1H3,(H,27,29,31). The first kappa shape index (κ1) is 24.2. The fourth-order valence-electron chi connectivity index (χ4n) is 3.40. The van der Waals surface area contributed by atoms with Crippen LogP contribution in [0.15, 0.2) is 88.2 Å². The summed E-state index contributed by atoms with van der Waals surface area (Å²) in [7, 11) is -3.74. The van der Waals surface area contributed by atoms with Crippen LogP contribution >= 0.6 is 0 Å². The molecule has 1 amide bonds. The zero-order valence-corrected chi connectivity index (χ0v) is 19.7. The number of aromatic nitrogens is 2. The second-order valence-corrected chi connectivity index (χ2v) is 9.64. The Bertz CT molecular complexity index is 1390. The maximum atomic E-state index is 13.1. The van der Waals surface area contributed by atoms with Crippen molar-refractivity contribution in [2.75, 3.05) is 11.9 Å². The molecule has 35 heavy (non-hydrogen) atoms. The zero-order valence-electron chi connectivity index (χ0n) is 18.9. The molecule has 0 bridgehead atoms. The summed E-state index contributed by atoms with van der Waals surface area (Å²) in [6.45, 7) is 2.33. The maximum Gasteiger partial charge on any atom is 0.322 e. The van der Waals surface area contributed by atoms with Crippen LogP contribution in [0.5, 0.6) is 0 Å². The van der Waals surface area contributed by atoms with E-state index >= 15 is 0 Å². The molecule has 0 radical (unpaired) electrons. The van der Waals surface area contributed by atoms with Crippen LogP contribution in [0.1, 0.15) is 34.3 Å². The Morgan fingerprint density at radius 3 is 2.29 bits per heavy atom. The highest BCUT2D eigenvalue weighted by molar-refractivity contribution is 7.89. The lowest BCUT2D eigenvalue weighted by Crippen LogP contribution is -2.30. The number of anilines is 1. The largest absolute Gasteiger partial charge is 0.407 e. The molecule has 0 aliphatic rings. The van der Waals surface area contributed by atoms with Crippen molar-refractivity contribution in [2.45, 2.75) is 24.8 Å². The van der Waals surface area contributed by atoms with Crippen molar-refractivity contribution in [3.63, 3.8) is 0 Å². The topological polar surface area (TPSA) is 105 Å². The molecule has 10 heteroatoms. The number of rotatable bonds is 9. The Kier molecular flexibility index (Phi) is 7.33. The van der Waals surface area contributed by atoms with E-state index in [1.54, 1.807) is 19.1 Å². The fourth-order valence-corrected chi connectivity index (χ4v) is 4.84. The van der Waals surface area contributed by atoms with Gasteiger partial charge in [0.05, 0.1) is 11.3 Å². The molecular formula is C25H23FN4O4S. The van der Waals surface area contributed by atoms with Crippen molar-refractivity contribution >= 4 is 21.9 Å². The average Bonchev–Trinajstić information content (AvgIpc) is 3.31. The predicted octanol–water partition coefficient (Wildman–Crippen LogP) is 4.26. The number of sulfonamides is 1. The van der Waals surface area contributed by atoms with Crippen LogP contribution in [-0.4, -0.2) is 35.4 Å². The van der Waals surface area contributed by atoms with Gasteiger partial charge in [-0.1, -0.05) is 54.5 Å². The van der Waals surface area contributed by atoms with Gasteiger partial charge in [-0.15, -0.1) is 5.10 Å². The van der Waals surface area contributed by atoms with E-state index in [-0.39, 0.29) is 41.1 Å². The lowest BCUT2D eigenvalue weighted by molar-refractivity contribution is 0.102. The summed E-state index contributed by atoms with van der Waals surface area (Å²) in [6.07, 6.45) is 0.284. The summed E-state index contributed by atoms with van der Waals surface area (Å²) in [4.78, 5) is 12.7. The number of nitrogens with one attached hydrogen (secondary N) is 1. The molecule has 4 rings (SSSR count). The molecule has 1 N–H and O–H groups in total. The van der Waals surface area contributed by atoms with Gasteiger partial charge in [0.15, 0.2) is 0 Å². The van der Waals surface area contributed by atoms with Gasteiger partial charge in [0, 0.05) is 18.7 Å². The monoisotopic (exact) mass is 494 g/mol. The second-order valence-electron chi connectivity index (χ2n) is 7.70. The van der Waals surface area contributed by atoms with Crippen molar-refractivity contribution in [1.82, 2.24) is 14.5 Å². The number of hydrogen-bond donors (Lipinski definition) is 1. The Morgan fingerprint density at radius 2 is 1.63 bits per heavy atom. The summed E-state index contributed by atoms with van der Waals surface area (Å²) in [5.74, 6) is -0.612. The van der Waals surface area contributed by atoms with E-state index in [9.17, 15) is 17.6 Å². The van der Waals surface area contributed by atoms with Gasteiger partial charge < -0.3 is 4.42 Å². The number of nitrogens with zero attached hydrogens (tertiary/aromatic N) is 3. The van der Waals surface area contributed by atoms with E-state index in [1.807, 2.05) is 30.3 Å². The van der Waals surface area contributed by atoms with E-state index in [2.05, 4.69) is 15.5 Å². The summed E-state index contributed by atoms with van der Waals surface area (Å²) >= 11 is 0. The maximum absolute atomic E-state index is 13.1. The number of benzene rings is 3. The highest BCUT2D eigenvalue weighted by Crippen LogP contribution is 2.20. The molecule has 0 aliphatic heterocycles. The van der Waals surface area contributed by atoms with Crippen LogP contribution in [0.3, 0.4) is 0 Å². The number of carbonyl (C=O) groups is 1. The van der Waals surface area contributed by atoms with Crippen LogP contribution in [0, 0.1) is 5.82 Å². The van der Waals surface area contributed by atoms with Crippen molar-refractivity contribution in [3.05, 3.63) is 107 Å². The molecule has 1 heterocycles. The van der Waals surface area contributed by atoms with Gasteiger partial charge in [0.1, 0.15) is 5.82 Å². The molecule has 0 aliphatic carbocycles. The molecule has 180 valence electrons. The van der Waals surface area contributed by atoms with Gasteiger partial charge in [-0.05, 0) is 47.5 Å². The minimum Gasteiger partial charge on any atom is -0.407 e. The number of hydrogen-bond acceptors (Lipinski definition) is 6. The third-order valence-electron chi connectivity index (χ3n) is 5.26. The first-order chi connectivity index (χ1) is 16.8. The Morgan fingerprint density at radius 1 is 0.943 bits per heavy atom. The SMILES string of the molecule is CCN(Cc1ccccc1)S(=O)(=O)c1ccc(C(=O)Nc2nnc(Cc3ccc(F)cc3)o2)cc1. The highest BCUT2D eigenvalue weighted by atomic mass is 32.2. The summed E-state index contributed by atoms with van der Waals surface area (Å²) < 4.78 is 46.0. The average molecular weight is 495 g/mol. The van der Waals surface area contributed by atoms with Crippen LogP contribution < -0.4 is 5.32 Å². The molecule has 0 unspecified atom stereocenters. The first-order valence-corrected chi connectivity index (χ1v) is 12.3. The third-order valence-corrected chi connectivity index (χ3v) is 7.20. The van der Waals surface area contributed by atoms with Crippen LogP contribution in [0.4, 0.5) is 10.4 Å². The minimum atomic E-state index is -3.74. The molecule has 3 aromatic carbocycles. The predicted molar refractivity (Wildman–Crippen MR) is 128 cm³/mol. The van der Waals surface area contributed by atoms with E-state index in [0.717, 1.165) is 11.1 Å². The number of halogens is 1. The quantitative estimate of drug-likeness (QED) is 0.373. The third kappa shape index (κ3) is 5.97. The number of amides is 1. The molecule has 4 aromatic rings. The molecule has 1 aromatic heterocycles. The summed E-state index contributed by atoms with van der Waals surface area (Å²) in [6, 6.07) is 20.8. The minimum absolute atomic E-state index is 0.0891. The van der Waals surface area contributed by atoms with Crippen molar-refractivity contribution < 1.29 is 22.0 Å². The van der Waals surface area contributed by atoms with Gasteiger partial charge >= 0.3 is 6.01 Å². The van der Waals surface area contributed by atoms with Crippen LogP contribution in [-0.2, 0) is 23.0 Å². The highest BCUT2D eigenvalue weighted by Gasteiger charge is 2.23. The normalized spacial score (nSPS) is 11.5.